The Morgan fingerprint density at radius 1 is 1.89 bits per heavy atom. The summed E-state index contributed by atoms with van der Waals surface area (Å²) in [6.45, 7) is 3.38. The molecule has 3 heteroatoms. The molecular formula is C6H7NO2. The third-order valence-corrected chi connectivity index (χ3v) is 0.984. The molecule has 1 aromatic rings. The average molecular weight is 125 g/mol. The van der Waals surface area contributed by atoms with Crippen molar-refractivity contribution in [2.24, 2.45) is 0 Å². The molecule has 0 amide bonds. The topological polar surface area (TPSA) is 46.3 Å². The maximum Gasteiger partial charge on any atom is 0.124 e. The number of aliphatic hydroxyl groups excluding tert-OH is 1. The first kappa shape index (κ1) is 6.04. The molecule has 0 radical (unpaired) electrons. The Morgan fingerprint density at radius 2 is 2.67 bits per heavy atom. The first-order chi connectivity index (χ1) is 4.34. The summed E-state index contributed by atoms with van der Waals surface area (Å²) in [5.74, 6) is 0. The number of nitrogens with zero attached hydrogens (tertiary/aromatic N) is 1. The van der Waals surface area contributed by atoms with Crippen LogP contribution in [0.15, 0.2) is 29.5 Å². The van der Waals surface area contributed by atoms with Gasteiger partial charge in [0.1, 0.15) is 18.1 Å². The van der Waals surface area contributed by atoms with Crippen molar-refractivity contribution in [1.82, 2.24) is 5.16 Å². The van der Waals surface area contributed by atoms with Gasteiger partial charge >= 0.3 is 0 Å². The number of aliphatic hydroxyl groups is 1. The Kier molecular flexibility index (Phi) is 1.65. The normalized spacial score (nSPS) is 13.0. The molecule has 9 heavy (non-hydrogen) atoms. The van der Waals surface area contributed by atoms with Crippen LogP contribution >= 0.6 is 0 Å². The lowest BCUT2D eigenvalue weighted by Crippen LogP contribution is -1.90. The third-order valence-electron chi connectivity index (χ3n) is 0.984. The second-order valence-corrected chi connectivity index (χ2v) is 1.60. The number of aromatic nitrogens is 1. The molecule has 0 aromatic carbocycles. The first-order valence-corrected chi connectivity index (χ1v) is 2.55. The van der Waals surface area contributed by atoms with Crippen LogP contribution in [0.25, 0.3) is 0 Å². The zero-order valence-corrected chi connectivity index (χ0v) is 4.82. The summed E-state index contributed by atoms with van der Waals surface area (Å²) in [5.41, 5.74) is 0.491. The van der Waals surface area contributed by atoms with Crippen molar-refractivity contribution >= 4 is 0 Å². The zero-order valence-electron chi connectivity index (χ0n) is 4.82. The van der Waals surface area contributed by atoms with Gasteiger partial charge in [-0.25, -0.2) is 0 Å². The smallest absolute Gasteiger partial charge is 0.124 e. The van der Waals surface area contributed by atoms with Crippen LogP contribution in [-0.4, -0.2) is 10.3 Å². The van der Waals surface area contributed by atoms with Crippen LogP contribution in [0.4, 0.5) is 0 Å². The second-order valence-electron chi connectivity index (χ2n) is 1.60. The van der Waals surface area contributed by atoms with Crippen LogP contribution in [0.5, 0.6) is 0 Å². The largest absolute Gasteiger partial charge is 0.383 e. The predicted molar refractivity (Wildman–Crippen MR) is 31.7 cm³/mol. The highest BCUT2D eigenvalue weighted by Gasteiger charge is 2.03. The van der Waals surface area contributed by atoms with Crippen LogP contribution in [0, 0.1) is 0 Å². The maximum atomic E-state index is 8.98. The molecule has 48 valence electrons. The Balaban J connectivity index is 2.76. The first-order valence-electron chi connectivity index (χ1n) is 2.55. The summed E-state index contributed by atoms with van der Waals surface area (Å²) in [6, 6.07) is 1.59. The van der Waals surface area contributed by atoms with Crippen molar-refractivity contribution in [1.29, 1.82) is 0 Å². The molecule has 1 N–H and O–H groups in total. The van der Waals surface area contributed by atoms with Gasteiger partial charge in [0.05, 0.1) is 0 Å². The summed E-state index contributed by atoms with van der Waals surface area (Å²) >= 11 is 0. The predicted octanol–water partition coefficient (Wildman–Crippen LogP) is 0.894. The Morgan fingerprint density at radius 3 is 3.11 bits per heavy atom. The van der Waals surface area contributed by atoms with Gasteiger partial charge in [-0.3, -0.25) is 0 Å². The molecule has 0 aliphatic rings. The summed E-state index contributed by atoms with van der Waals surface area (Å²) in [5, 5.41) is 12.5. The number of hydrogen-bond donors (Lipinski definition) is 1. The van der Waals surface area contributed by atoms with E-state index in [-0.39, 0.29) is 0 Å². The Hall–Kier alpha value is -1.09. The number of rotatable bonds is 2. The van der Waals surface area contributed by atoms with Crippen molar-refractivity contribution in [3.05, 3.63) is 30.7 Å². The van der Waals surface area contributed by atoms with Crippen LogP contribution in [0.3, 0.4) is 0 Å². The van der Waals surface area contributed by atoms with E-state index in [9.17, 15) is 0 Å². The number of hydrogen-bond acceptors (Lipinski definition) is 3. The van der Waals surface area contributed by atoms with Crippen LogP contribution in [-0.2, 0) is 0 Å². The highest BCUT2D eigenvalue weighted by atomic mass is 16.5. The van der Waals surface area contributed by atoms with Crippen molar-refractivity contribution in [2.75, 3.05) is 0 Å². The monoisotopic (exact) mass is 125 g/mol. The fourth-order valence-corrected chi connectivity index (χ4v) is 0.495. The Labute approximate surface area is 52.6 Å². The molecule has 1 rings (SSSR count). The van der Waals surface area contributed by atoms with Crippen molar-refractivity contribution in [2.45, 2.75) is 6.10 Å². The minimum atomic E-state index is -0.705. The molecular weight excluding hydrogens is 118 g/mol. The second kappa shape index (κ2) is 2.46. The molecule has 0 aliphatic carbocycles. The van der Waals surface area contributed by atoms with Crippen molar-refractivity contribution in [3.8, 4) is 0 Å². The molecule has 1 heterocycles. The van der Waals surface area contributed by atoms with E-state index in [0.717, 1.165) is 0 Å². The van der Waals surface area contributed by atoms with Gasteiger partial charge in [0, 0.05) is 6.07 Å². The van der Waals surface area contributed by atoms with Gasteiger partial charge < -0.3 is 9.63 Å². The molecule has 0 spiro atoms. The molecule has 1 unspecified atom stereocenters. The van der Waals surface area contributed by atoms with Gasteiger partial charge in [0.15, 0.2) is 0 Å². The summed E-state index contributed by atoms with van der Waals surface area (Å²) < 4.78 is 4.48. The van der Waals surface area contributed by atoms with E-state index >= 15 is 0 Å². The summed E-state index contributed by atoms with van der Waals surface area (Å²) in [4.78, 5) is 0. The summed E-state index contributed by atoms with van der Waals surface area (Å²) in [6.07, 6.45) is 2.09. The Bertz CT molecular complexity index is 181. The molecule has 3 nitrogen and oxygen atoms in total. The van der Waals surface area contributed by atoms with Gasteiger partial charge in [-0.1, -0.05) is 11.2 Å². The van der Waals surface area contributed by atoms with Gasteiger partial charge in [0.25, 0.3) is 0 Å². The molecule has 0 bridgehead atoms. The fraction of sp³-hybridized carbons (Fsp3) is 0.167. The molecule has 1 atom stereocenters. The van der Waals surface area contributed by atoms with E-state index < -0.39 is 6.10 Å². The van der Waals surface area contributed by atoms with E-state index in [1.165, 1.54) is 12.3 Å². The van der Waals surface area contributed by atoms with E-state index in [4.69, 9.17) is 5.11 Å². The highest BCUT2D eigenvalue weighted by Crippen LogP contribution is 2.08. The minimum absolute atomic E-state index is 0.491. The lowest BCUT2D eigenvalue weighted by atomic mass is 10.3. The van der Waals surface area contributed by atoms with E-state index in [1.54, 1.807) is 6.07 Å². The lowest BCUT2D eigenvalue weighted by molar-refractivity contribution is 0.216. The van der Waals surface area contributed by atoms with Crippen LogP contribution in [0.1, 0.15) is 11.8 Å². The third kappa shape index (κ3) is 1.17. The van der Waals surface area contributed by atoms with Crippen LogP contribution in [0.2, 0.25) is 0 Å². The quantitative estimate of drug-likeness (QED) is 0.597. The molecule has 1 aromatic heterocycles. The van der Waals surface area contributed by atoms with Gasteiger partial charge in [-0.05, 0) is 0 Å². The lowest BCUT2D eigenvalue weighted by Gasteiger charge is -1.94. The van der Waals surface area contributed by atoms with Gasteiger partial charge in [0.2, 0.25) is 0 Å². The van der Waals surface area contributed by atoms with E-state index in [1.807, 2.05) is 0 Å². The van der Waals surface area contributed by atoms with E-state index in [2.05, 4.69) is 16.3 Å². The fourth-order valence-electron chi connectivity index (χ4n) is 0.495. The molecule has 0 aliphatic heterocycles. The van der Waals surface area contributed by atoms with Crippen molar-refractivity contribution < 1.29 is 9.63 Å². The van der Waals surface area contributed by atoms with Gasteiger partial charge in [-0.2, -0.15) is 0 Å². The van der Waals surface area contributed by atoms with E-state index in [0.29, 0.717) is 5.69 Å². The molecule has 0 saturated heterocycles. The van der Waals surface area contributed by atoms with Gasteiger partial charge in [-0.15, -0.1) is 6.58 Å². The molecule has 0 fully saturated rings. The minimum Gasteiger partial charge on any atom is -0.383 e. The standard InChI is InChI=1S/C6H7NO2/c1-2-6(8)5-3-4-9-7-5/h2-4,6,8H,1H2. The summed E-state index contributed by atoms with van der Waals surface area (Å²) in [7, 11) is 0. The highest BCUT2D eigenvalue weighted by molar-refractivity contribution is 5.05. The SMILES string of the molecule is C=CC(O)c1ccon1. The molecule has 0 saturated carbocycles. The van der Waals surface area contributed by atoms with Crippen molar-refractivity contribution in [3.63, 3.8) is 0 Å². The zero-order chi connectivity index (χ0) is 6.69. The average Bonchev–Trinajstić information content (AvgIpc) is 2.37. The maximum absolute atomic E-state index is 8.98. The van der Waals surface area contributed by atoms with Crippen LogP contribution < -0.4 is 0 Å².